The van der Waals surface area contributed by atoms with E-state index in [1.54, 1.807) is 7.11 Å². The average Bonchev–Trinajstić information content (AvgIpc) is 3.18. The summed E-state index contributed by atoms with van der Waals surface area (Å²) in [5.41, 5.74) is 5.94. The number of carbonyl (C=O) groups excluding carboxylic acids is 1. The van der Waals surface area contributed by atoms with Gasteiger partial charge in [0.15, 0.2) is 5.78 Å². The zero-order valence-corrected chi connectivity index (χ0v) is 17.9. The number of allylic oxidation sites excluding steroid dienone is 1. The van der Waals surface area contributed by atoms with Crippen LogP contribution in [0.15, 0.2) is 30.0 Å². The van der Waals surface area contributed by atoms with E-state index in [2.05, 4.69) is 43.2 Å². The third kappa shape index (κ3) is 2.72. The normalized spacial score (nSPS) is 32.1. The van der Waals surface area contributed by atoms with Crippen molar-refractivity contribution in [2.24, 2.45) is 24.3 Å². The van der Waals surface area contributed by atoms with Crippen LogP contribution in [-0.4, -0.2) is 22.7 Å². The lowest BCUT2D eigenvalue weighted by Crippen LogP contribution is -2.42. The van der Waals surface area contributed by atoms with Gasteiger partial charge in [0.05, 0.1) is 13.3 Å². The number of ether oxygens (including phenoxy) is 1. The lowest BCUT2D eigenvalue weighted by atomic mass is 9.55. The van der Waals surface area contributed by atoms with Gasteiger partial charge in [-0.05, 0) is 91.7 Å². The number of rotatable bonds is 2. The number of nitrogens with zero attached hydrogens (tertiary/aromatic N) is 2. The van der Waals surface area contributed by atoms with Crippen molar-refractivity contribution in [1.29, 1.82) is 0 Å². The number of aromatic nitrogens is 2. The summed E-state index contributed by atoms with van der Waals surface area (Å²) >= 11 is 0. The highest BCUT2D eigenvalue weighted by Crippen LogP contribution is 2.60. The molecule has 0 radical (unpaired) electrons. The monoisotopic (exact) mass is 390 g/mol. The lowest BCUT2D eigenvalue weighted by Gasteiger charge is -2.48. The highest BCUT2D eigenvalue weighted by Gasteiger charge is 2.56. The minimum Gasteiger partial charge on any atom is -0.497 e. The molecule has 0 N–H and O–H groups in total. The fourth-order valence-electron chi connectivity index (χ4n) is 6.33. The number of hydrogen-bond acceptors (Lipinski definition) is 3. The molecule has 0 amide bonds. The van der Waals surface area contributed by atoms with Gasteiger partial charge in [0.1, 0.15) is 5.75 Å². The maximum absolute atomic E-state index is 13.5. The number of ketones is 1. The second-order valence-corrected chi connectivity index (χ2v) is 9.45. The number of hydrogen-bond donors (Lipinski definition) is 0. The first kappa shape index (κ1) is 18.7. The number of methoxy groups -OCH3 is 1. The highest BCUT2D eigenvalue weighted by molar-refractivity contribution is 6.06. The summed E-state index contributed by atoms with van der Waals surface area (Å²) in [5.74, 6) is 2.96. The van der Waals surface area contributed by atoms with Crippen LogP contribution >= 0.6 is 0 Å². The minimum atomic E-state index is -0.201. The number of benzene rings is 1. The smallest absolute Gasteiger partial charge is 0.165 e. The molecule has 0 aliphatic heterocycles. The Balaban J connectivity index is 1.48. The number of fused-ring (bicyclic) bond motifs is 5. The van der Waals surface area contributed by atoms with Crippen LogP contribution < -0.4 is 4.74 Å². The fourth-order valence-corrected chi connectivity index (χ4v) is 6.33. The molecule has 152 valence electrons. The molecule has 4 nitrogen and oxygen atoms in total. The van der Waals surface area contributed by atoms with Crippen molar-refractivity contribution in [2.75, 3.05) is 7.11 Å². The zero-order valence-electron chi connectivity index (χ0n) is 17.9. The van der Waals surface area contributed by atoms with Crippen LogP contribution in [0.4, 0.5) is 0 Å². The zero-order chi connectivity index (χ0) is 20.3. The molecule has 2 fully saturated rings. The molecule has 1 aromatic carbocycles. The van der Waals surface area contributed by atoms with Crippen LogP contribution in [0.3, 0.4) is 0 Å². The molecule has 0 spiro atoms. The van der Waals surface area contributed by atoms with E-state index in [9.17, 15) is 4.79 Å². The highest BCUT2D eigenvalue weighted by atomic mass is 16.5. The second-order valence-electron chi connectivity index (χ2n) is 9.45. The standard InChI is InChI=1S/C25H30N2O2/c1-15-18(14-26-27(15)3)11-17-13-23-22-7-5-16-12-19(29-4)6-8-20(16)21(22)9-10-25(23,2)24(17)28/h6,8,11-12,14,21-23H,5,7,9-10,13H2,1-4H3/b17-11+/t21-,22-,23+,25-/m1/s1. The summed E-state index contributed by atoms with van der Waals surface area (Å²) in [6.07, 6.45) is 9.29. The Morgan fingerprint density at radius 1 is 1.31 bits per heavy atom. The number of Topliss-reactive ketones (excluding diaryl/α,β-unsaturated/α-hetero) is 1. The van der Waals surface area contributed by atoms with Crippen LogP contribution in [-0.2, 0) is 18.3 Å². The topological polar surface area (TPSA) is 44.1 Å². The third-order valence-electron chi connectivity index (χ3n) is 8.18. The minimum absolute atomic E-state index is 0.201. The number of carbonyl (C=O) groups is 1. The van der Waals surface area contributed by atoms with Gasteiger partial charge in [0, 0.05) is 23.7 Å². The molecule has 0 unspecified atom stereocenters. The van der Waals surface area contributed by atoms with E-state index in [-0.39, 0.29) is 5.41 Å². The van der Waals surface area contributed by atoms with Crippen molar-refractivity contribution in [1.82, 2.24) is 9.78 Å². The van der Waals surface area contributed by atoms with E-state index in [1.807, 2.05) is 17.9 Å². The maximum atomic E-state index is 13.5. The fraction of sp³-hybridized carbons (Fsp3) is 0.520. The van der Waals surface area contributed by atoms with Gasteiger partial charge in [-0.1, -0.05) is 13.0 Å². The molecule has 1 heterocycles. The van der Waals surface area contributed by atoms with Gasteiger partial charge in [0.25, 0.3) is 0 Å². The molecular formula is C25H30N2O2. The van der Waals surface area contributed by atoms with Gasteiger partial charge < -0.3 is 4.74 Å². The molecule has 4 atom stereocenters. The summed E-state index contributed by atoms with van der Waals surface area (Å²) in [4.78, 5) is 13.5. The van der Waals surface area contributed by atoms with Gasteiger partial charge in [-0.2, -0.15) is 5.10 Å². The third-order valence-corrected chi connectivity index (χ3v) is 8.18. The largest absolute Gasteiger partial charge is 0.497 e. The Kier molecular flexibility index (Phi) is 4.23. The Morgan fingerprint density at radius 3 is 2.86 bits per heavy atom. The first-order chi connectivity index (χ1) is 13.9. The summed E-state index contributed by atoms with van der Waals surface area (Å²) in [7, 11) is 3.69. The maximum Gasteiger partial charge on any atom is 0.165 e. The van der Waals surface area contributed by atoms with Crippen LogP contribution in [0.25, 0.3) is 6.08 Å². The summed E-state index contributed by atoms with van der Waals surface area (Å²) < 4.78 is 7.32. The van der Waals surface area contributed by atoms with E-state index < -0.39 is 0 Å². The van der Waals surface area contributed by atoms with Crippen LogP contribution in [0.2, 0.25) is 0 Å². The van der Waals surface area contributed by atoms with Crippen LogP contribution in [0.5, 0.6) is 5.75 Å². The number of aryl methyl sites for hydroxylation is 2. The molecule has 2 saturated carbocycles. The molecule has 3 aliphatic rings. The van der Waals surface area contributed by atoms with E-state index in [1.165, 1.54) is 17.5 Å². The molecule has 1 aromatic heterocycles. The SMILES string of the molecule is COc1ccc2c(c1)CC[C@@H]1[C@@H]2CC[C@@]2(C)C(=O)/C(=C/c3cnn(C)c3C)C[C@@H]12. The average molecular weight is 391 g/mol. The Bertz CT molecular complexity index is 1020. The van der Waals surface area contributed by atoms with Crippen molar-refractivity contribution < 1.29 is 9.53 Å². The Labute approximate surface area is 173 Å². The van der Waals surface area contributed by atoms with Gasteiger partial charge in [-0.15, -0.1) is 0 Å². The van der Waals surface area contributed by atoms with Gasteiger partial charge >= 0.3 is 0 Å². The van der Waals surface area contributed by atoms with Crippen molar-refractivity contribution in [3.05, 3.63) is 52.4 Å². The molecule has 0 saturated heterocycles. The molecule has 2 aromatic rings. The second kappa shape index (κ2) is 6.58. The quantitative estimate of drug-likeness (QED) is 0.688. The molecule has 4 heteroatoms. The predicted octanol–water partition coefficient (Wildman–Crippen LogP) is 4.86. The van der Waals surface area contributed by atoms with Gasteiger partial charge in [0.2, 0.25) is 0 Å². The summed E-state index contributed by atoms with van der Waals surface area (Å²) in [6, 6.07) is 6.60. The van der Waals surface area contributed by atoms with E-state index in [4.69, 9.17) is 4.74 Å². The predicted molar refractivity (Wildman–Crippen MR) is 114 cm³/mol. The summed E-state index contributed by atoms with van der Waals surface area (Å²) in [6.45, 7) is 4.30. The molecule has 29 heavy (non-hydrogen) atoms. The van der Waals surface area contributed by atoms with Crippen molar-refractivity contribution in [3.8, 4) is 5.75 Å². The van der Waals surface area contributed by atoms with Crippen molar-refractivity contribution >= 4 is 11.9 Å². The van der Waals surface area contributed by atoms with E-state index >= 15 is 0 Å². The van der Waals surface area contributed by atoms with E-state index in [0.717, 1.165) is 48.3 Å². The first-order valence-corrected chi connectivity index (χ1v) is 10.8. The lowest BCUT2D eigenvalue weighted by molar-refractivity contribution is -0.127. The molecule has 3 aliphatic carbocycles. The van der Waals surface area contributed by atoms with Crippen LogP contribution in [0.1, 0.15) is 60.9 Å². The first-order valence-electron chi connectivity index (χ1n) is 10.8. The Hall–Kier alpha value is -2.36. The van der Waals surface area contributed by atoms with Crippen LogP contribution in [0, 0.1) is 24.2 Å². The molecule has 5 rings (SSSR count). The van der Waals surface area contributed by atoms with Gasteiger partial charge in [-0.25, -0.2) is 0 Å². The van der Waals surface area contributed by atoms with Crippen molar-refractivity contribution in [3.63, 3.8) is 0 Å². The van der Waals surface area contributed by atoms with E-state index in [0.29, 0.717) is 23.5 Å². The van der Waals surface area contributed by atoms with Gasteiger partial charge in [-0.3, -0.25) is 9.48 Å². The summed E-state index contributed by atoms with van der Waals surface area (Å²) in [5, 5.41) is 4.35. The molecule has 0 bridgehead atoms. The molecular weight excluding hydrogens is 360 g/mol. The Morgan fingerprint density at radius 2 is 2.14 bits per heavy atom. The van der Waals surface area contributed by atoms with Crippen molar-refractivity contribution in [2.45, 2.75) is 51.9 Å².